The highest BCUT2D eigenvalue weighted by Gasteiger charge is 2.26. The first-order valence-electron chi connectivity index (χ1n) is 7.26. The van der Waals surface area contributed by atoms with Gasteiger partial charge >= 0.3 is 0 Å². The second-order valence-corrected chi connectivity index (χ2v) is 5.75. The first-order valence-corrected chi connectivity index (χ1v) is 7.26. The first kappa shape index (κ1) is 12.2. The average molecular weight is 248 g/mol. The minimum Gasteiger partial charge on any atom is -0.331 e. The summed E-state index contributed by atoms with van der Waals surface area (Å²) in [5, 5.41) is 0. The van der Waals surface area contributed by atoms with Crippen LogP contribution >= 0.6 is 0 Å². The van der Waals surface area contributed by atoms with Crippen molar-refractivity contribution < 1.29 is 0 Å². The number of piperidine rings is 1. The highest BCUT2D eigenvalue weighted by Crippen LogP contribution is 2.31. The molecular formula is C14H24N4. The quantitative estimate of drug-likeness (QED) is 0.862. The van der Waals surface area contributed by atoms with E-state index < -0.39 is 0 Å². The number of aryl methyl sites for hydroxylation is 1. The van der Waals surface area contributed by atoms with E-state index in [2.05, 4.69) is 16.5 Å². The van der Waals surface area contributed by atoms with Crippen LogP contribution in [0, 0.1) is 0 Å². The Kier molecular flexibility index (Phi) is 3.39. The lowest BCUT2D eigenvalue weighted by Gasteiger charge is -2.28. The summed E-state index contributed by atoms with van der Waals surface area (Å²) in [7, 11) is 2.21. The molecule has 0 spiro atoms. The van der Waals surface area contributed by atoms with E-state index >= 15 is 0 Å². The lowest BCUT2D eigenvalue weighted by atomic mass is 9.92. The molecule has 18 heavy (non-hydrogen) atoms. The number of rotatable bonds is 2. The van der Waals surface area contributed by atoms with E-state index in [4.69, 9.17) is 10.7 Å². The molecular weight excluding hydrogens is 224 g/mol. The fraction of sp³-hybridized carbons (Fsp3) is 0.786. The Labute approximate surface area is 109 Å². The lowest BCUT2D eigenvalue weighted by molar-refractivity contribution is 0.253. The van der Waals surface area contributed by atoms with Gasteiger partial charge in [0.15, 0.2) is 0 Å². The number of hydrogen-bond donors (Lipinski definition) is 1. The highest BCUT2D eigenvalue weighted by molar-refractivity contribution is 5.23. The smallest absolute Gasteiger partial charge is 0.109 e. The van der Waals surface area contributed by atoms with Crippen molar-refractivity contribution in [1.29, 1.82) is 0 Å². The van der Waals surface area contributed by atoms with Gasteiger partial charge in [-0.05, 0) is 45.8 Å². The molecule has 0 radical (unpaired) electrons. The molecule has 0 unspecified atom stereocenters. The summed E-state index contributed by atoms with van der Waals surface area (Å²) in [6.07, 6.45) is 6.18. The molecule has 1 saturated heterocycles. The van der Waals surface area contributed by atoms with E-state index in [9.17, 15) is 0 Å². The summed E-state index contributed by atoms with van der Waals surface area (Å²) < 4.78 is 2.40. The summed E-state index contributed by atoms with van der Waals surface area (Å²) in [6, 6.07) is 0. The fourth-order valence-corrected chi connectivity index (χ4v) is 3.39. The van der Waals surface area contributed by atoms with Crippen LogP contribution in [0.2, 0.25) is 0 Å². The highest BCUT2D eigenvalue weighted by atomic mass is 15.1. The van der Waals surface area contributed by atoms with Gasteiger partial charge in [0.2, 0.25) is 0 Å². The molecule has 0 aromatic carbocycles. The molecule has 3 heterocycles. The predicted octanol–water partition coefficient (Wildman–Crippen LogP) is 1.49. The van der Waals surface area contributed by atoms with Crippen molar-refractivity contribution in [2.24, 2.45) is 5.73 Å². The Hall–Kier alpha value is -0.870. The van der Waals surface area contributed by atoms with Gasteiger partial charge in [0.05, 0.1) is 11.4 Å². The first-order chi connectivity index (χ1) is 8.79. The zero-order valence-electron chi connectivity index (χ0n) is 11.4. The Morgan fingerprint density at radius 2 is 2.00 bits per heavy atom. The lowest BCUT2D eigenvalue weighted by Crippen LogP contribution is -2.30. The molecule has 2 aliphatic rings. The van der Waals surface area contributed by atoms with Crippen LogP contribution in [0.25, 0.3) is 0 Å². The van der Waals surface area contributed by atoms with Crippen LogP contribution in [0.4, 0.5) is 0 Å². The molecule has 0 amide bonds. The van der Waals surface area contributed by atoms with E-state index in [1.165, 1.54) is 56.0 Å². The SMILES string of the molecule is CN1CCC(c2nc3n(c2CN)CCCC3)CC1. The zero-order valence-corrected chi connectivity index (χ0v) is 11.4. The van der Waals surface area contributed by atoms with Crippen molar-refractivity contribution in [3.63, 3.8) is 0 Å². The number of fused-ring (bicyclic) bond motifs is 1. The maximum Gasteiger partial charge on any atom is 0.109 e. The van der Waals surface area contributed by atoms with Crippen molar-refractivity contribution in [2.75, 3.05) is 20.1 Å². The van der Waals surface area contributed by atoms with Gasteiger partial charge in [0.1, 0.15) is 5.82 Å². The van der Waals surface area contributed by atoms with Gasteiger partial charge in [-0.1, -0.05) is 0 Å². The van der Waals surface area contributed by atoms with Gasteiger partial charge < -0.3 is 15.2 Å². The molecule has 3 rings (SSSR count). The number of imidazole rings is 1. The predicted molar refractivity (Wildman–Crippen MR) is 72.5 cm³/mol. The standard InChI is InChI=1S/C14H24N4/c1-17-8-5-11(6-9-17)14-12(10-15)18-7-3-2-4-13(18)16-14/h11H,2-10,15H2,1H3. The number of aromatic nitrogens is 2. The minimum absolute atomic E-state index is 0.637. The van der Waals surface area contributed by atoms with Gasteiger partial charge in [-0.3, -0.25) is 0 Å². The van der Waals surface area contributed by atoms with Gasteiger partial charge in [-0.15, -0.1) is 0 Å². The summed E-state index contributed by atoms with van der Waals surface area (Å²) >= 11 is 0. The van der Waals surface area contributed by atoms with Crippen LogP contribution < -0.4 is 5.73 Å². The molecule has 1 aromatic rings. The molecule has 100 valence electrons. The monoisotopic (exact) mass is 248 g/mol. The zero-order chi connectivity index (χ0) is 12.5. The molecule has 0 saturated carbocycles. The fourth-order valence-electron chi connectivity index (χ4n) is 3.39. The second kappa shape index (κ2) is 5.02. The van der Waals surface area contributed by atoms with Crippen molar-refractivity contribution >= 4 is 0 Å². The van der Waals surface area contributed by atoms with Crippen LogP contribution in [0.15, 0.2) is 0 Å². The number of nitrogens with two attached hydrogens (primary N) is 1. The van der Waals surface area contributed by atoms with Gasteiger partial charge in [-0.2, -0.15) is 0 Å². The van der Waals surface area contributed by atoms with Gasteiger partial charge in [0.25, 0.3) is 0 Å². The topological polar surface area (TPSA) is 47.1 Å². The molecule has 0 bridgehead atoms. The summed E-state index contributed by atoms with van der Waals surface area (Å²) in [5.74, 6) is 1.92. The molecule has 4 nitrogen and oxygen atoms in total. The Bertz CT molecular complexity index is 416. The molecule has 2 aliphatic heterocycles. The normalized spacial score (nSPS) is 22.1. The van der Waals surface area contributed by atoms with Crippen molar-refractivity contribution in [3.8, 4) is 0 Å². The maximum atomic E-state index is 5.98. The van der Waals surface area contributed by atoms with Crippen molar-refractivity contribution in [2.45, 2.75) is 51.1 Å². The third kappa shape index (κ3) is 2.08. The number of likely N-dealkylation sites (tertiary alicyclic amines) is 1. The van der Waals surface area contributed by atoms with E-state index in [1.54, 1.807) is 0 Å². The Balaban J connectivity index is 1.89. The number of nitrogens with zero attached hydrogens (tertiary/aromatic N) is 3. The van der Waals surface area contributed by atoms with E-state index in [1.807, 2.05) is 0 Å². The third-order valence-electron chi connectivity index (χ3n) is 4.51. The molecule has 0 aliphatic carbocycles. The third-order valence-corrected chi connectivity index (χ3v) is 4.51. The summed E-state index contributed by atoms with van der Waals surface area (Å²) in [4.78, 5) is 7.35. The summed E-state index contributed by atoms with van der Waals surface area (Å²) in [5.41, 5.74) is 8.62. The maximum absolute atomic E-state index is 5.98. The largest absolute Gasteiger partial charge is 0.331 e. The van der Waals surface area contributed by atoms with Crippen LogP contribution in [0.5, 0.6) is 0 Å². The molecule has 0 atom stereocenters. The van der Waals surface area contributed by atoms with E-state index in [0.717, 1.165) is 13.0 Å². The van der Waals surface area contributed by atoms with Crippen LogP contribution in [-0.4, -0.2) is 34.6 Å². The Morgan fingerprint density at radius 1 is 1.22 bits per heavy atom. The van der Waals surface area contributed by atoms with Crippen LogP contribution in [-0.2, 0) is 19.5 Å². The molecule has 4 heteroatoms. The van der Waals surface area contributed by atoms with E-state index in [0.29, 0.717) is 12.5 Å². The van der Waals surface area contributed by atoms with Gasteiger partial charge in [-0.25, -0.2) is 4.98 Å². The molecule has 2 N–H and O–H groups in total. The summed E-state index contributed by atoms with van der Waals surface area (Å²) in [6.45, 7) is 4.16. The van der Waals surface area contributed by atoms with Crippen LogP contribution in [0.3, 0.4) is 0 Å². The average Bonchev–Trinajstić information content (AvgIpc) is 2.78. The van der Waals surface area contributed by atoms with E-state index in [-0.39, 0.29) is 0 Å². The van der Waals surface area contributed by atoms with Crippen molar-refractivity contribution in [1.82, 2.24) is 14.5 Å². The van der Waals surface area contributed by atoms with Crippen molar-refractivity contribution in [3.05, 3.63) is 17.2 Å². The Morgan fingerprint density at radius 3 is 2.72 bits per heavy atom. The minimum atomic E-state index is 0.637. The van der Waals surface area contributed by atoms with Gasteiger partial charge in [0, 0.05) is 25.4 Å². The second-order valence-electron chi connectivity index (χ2n) is 5.75. The molecule has 1 aromatic heterocycles. The number of hydrogen-bond acceptors (Lipinski definition) is 3. The van der Waals surface area contributed by atoms with Crippen LogP contribution in [0.1, 0.15) is 48.8 Å². The molecule has 1 fully saturated rings.